The third kappa shape index (κ3) is 5.64. The van der Waals surface area contributed by atoms with Crippen LogP contribution in [0, 0.1) is 11.6 Å². The summed E-state index contributed by atoms with van der Waals surface area (Å²) in [4.78, 5) is 17.5. The van der Waals surface area contributed by atoms with Gasteiger partial charge in [-0.2, -0.15) is 0 Å². The lowest BCUT2D eigenvalue weighted by atomic mass is 9.96. The van der Waals surface area contributed by atoms with Crippen LogP contribution in [0.25, 0.3) is 0 Å². The van der Waals surface area contributed by atoms with E-state index in [0.717, 1.165) is 43.1 Å². The Kier molecular flexibility index (Phi) is 7.17. The van der Waals surface area contributed by atoms with Crippen LogP contribution in [-0.4, -0.2) is 47.1 Å². The normalized spacial score (nSPS) is 22.4. The molecule has 0 aromatic heterocycles. The highest BCUT2D eigenvalue weighted by molar-refractivity contribution is 5.74. The molecule has 1 N–H and O–H groups in total. The Bertz CT molecular complexity index is 953. The van der Waals surface area contributed by atoms with Gasteiger partial charge in [-0.25, -0.2) is 13.6 Å². The molecule has 0 saturated carbocycles. The first-order chi connectivity index (χ1) is 15.8. The number of fused-ring (bicyclic) bond motifs is 2. The van der Waals surface area contributed by atoms with Crippen molar-refractivity contribution in [1.82, 2.24) is 15.1 Å². The lowest BCUT2D eigenvalue weighted by Gasteiger charge is -2.41. The molecule has 2 aromatic carbocycles. The Morgan fingerprint density at radius 3 is 2.39 bits per heavy atom. The Hall–Kier alpha value is -2.67. The van der Waals surface area contributed by atoms with Crippen LogP contribution in [0.4, 0.5) is 13.6 Å². The van der Waals surface area contributed by atoms with Crippen LogP contribution in [0.3, 0.4) is 0 Å². The molecule has 2 fully saturated rings. The highest BCUT2D eigenvalue weighted by Crippen LogP contribution is 2.37. The molecule has 33 heavy (non-hydrogen) atoms. The van der Waals surface area contributed by atoms with E-state index in [4.69, 9.17) is 4.74 Å². The fourth-order valence-corrected chi connectivity index (χ4v) is 5.07. The summed E-state index contributed by atoms with van der Waals surface area (Å²) in [6, 6.07) is 11.9. The minimum atomic E-state index is -0.621. The first-order valence-corrected chi connectivity index (χ1v) is 11.8. The van der Waals surface area contributed by atoms with Crippen LogP contribution < -0.4 is 10.1 Å². The molecular weight excluding hydrogens is 424 g/mol. The molecule has 5 nitrogen and oxygen atoms in total. The minimum Gasteiger partial charge on any atom is -0.491 e. The number of ether oxygens (including phenoxy) is 1. The number of benzene rings is 2. The molecule has 2 heterocycles. The van der Waals surface area contributed by atoms with Gasteiger partial charge in [0.2, 0.25) is 0 Å². The molecule has 4 rings (SSSR count). The smallest absolute Gasteiger partial charge is 0.318 e. The van der Waals surface area contributed by atoms with Crippen molar-refractivity contribution < 1.29 is 18.3 Å². The fourth-order valence-electron chi connectivity index (χ4n) is 5.07. The summed E-state index contributed by atoms with van der Waals surface area (Å²) < 4.78 is 33.5. The number of halogens is 2. The van der Waals surface area contributed by atoms with Crippen molar-refractivity contribution in [3.8, 4) is 5.75 Å². The van der Waals surface area contributed by atoms with Gasteiger partial charge in [0.05, 0.1) is 12.6 Å². The van der Waals surface area contributed by atoms with Crippen molar-refractivity contribution in [3.05, 3.63) is 65.2 Å². The highest BCUT2D eigenvalue weighted by atomic mass is 19.1. The minimum absolute atomic E-state index is 0.0185. The summed E-state index contributed by atoms with van der Waals surface area (Å²) in [6.07, 6.45) is 4.08. The first-order valence-electron chi connectivity index (χ1n) is 11.8. The number of hydrogen-bond donors (Lipinski definition) is 1. The first kappa shape index (κ1) is 23.5. The molecule has 3 atom stereocenters. The van der Waals surface area contributed by atoms with Crippen molar-refractivity contribution >= 4 is 6.03 Å². The van der Waals surface area contributed by atoms with E-state index in [1.807, 2.05) is 38.1 Å². The number of urea groups is 1. The second kappa shape index (κ2) is 10.1. The van der Waals surface area contributed by atoms with Gasteiger partial charge in [-0.05, 0) is 70.3 Å². The van der Waals surface area contributed by atoms with E-state index in [-0.39, 0.29) is 24.7 Å². The van der Waals surface area contributed by atoms with Crippen LogP contribution in [0.1, 0.15) is 50.7 Å². The van der Waals surface area contributed by atoms with Gasteiger partial charge in [-0.1, -0.05) is 18.2 Å². The van der Waals surface area contributed by atoms with Crippen molar-refractivity contribution in [3.63, 3.8) is 0 Å². The largest absolute Gasteiger partial charge is 0.491 e. The maximum absolute atomic E-state index is 14.4. The molecule has 2 aliphatic heterocycles. The summed E-state index contributed by atoms with van der Waals surface area (Å²) >= 11 is 0. The van der Waals surface area contributed by atoms with Gasteiger partial charge >= 0.3 is 6.03 Å². The number of hydrogen-bond acceptors (Lipinski definition) is 3. The Balaban J connectivity index is 1.47. The maximum Gasteiger partial charge on any atom is 0.318 e. The van der Waals surface area contributed by atoms with Gasteiger partial charge in [0.25, 0.3) is 0 Å². The third-order valence-corrected chi connectivity index (χ3v) is 6.87. The Morgan fingerprint density at radius 2 is 1.79 bits per heavy atom. The molecular formula is C26H33F2N3O2. The highest BCUT2D eigenvalue weighted by Gasteiger charge is 2.41. The van der Waals surface area contributed by atoms with Crippen LogP contribution >= 0.6 is 0 Å². The molecule has 2 saturated heterocycles. The average molecular weight is 458 g/mol. The van der Waals surface area contributed by atoms with Crippen LogP contribution in [-0.2, 0) is 13.1 Å². The molecule has 2 amide bonds. The molecule has 2 bridgehead atoms. The van der Waals surface area contributed by atoms with Gasteiger partial charge in [-0.3, -0.25) is 0 Å². The van der Waals surface area contributed by atoms with E-state index in [0.29, 0.717) is 24.2 Å². The summed E-state index contributed by atoms with van der Waals surface area (Å²) in [5.74, 6) is -0.450. The standard InChI is InChI=1S/C26H33F2N3O2/c1-17(2)33-24-10-4-18(5-11-24)15-29-26(32)31(16-19-6-7-20(27)12-25(19)28)23-13-21-8-9-22(14-23)30(21)3/h4-7,10-12,17,21-23H,8-9,13-16H2,1-3H3,(H,29,32)/t21-,22+,23+. The number of carbonyl (C=O) groups is 1. The molecule has 178 valence electrons. The second-order valence-corrected chi connectivity index (χ2v) is 9.51. The monoisotopic (exact) mass is 457 g/mol. The number of amides is 2. The predicted octanol–water partition coefficient (Wildman–Crippen LogP) is 5.09. The summed E-state index contributed by atoms with van der Waals surface area (Å²) in [5, 5.41) is 3.01. The second-order valence-electron chi connectivity index (χ2n) is 9.51. The topological polar surface area (TPSA) is 44.8 Å². The van der Waals surface area contributed by atoms with Gasteiger partial charge in [0, 0.05) is 36.3 Å². The fraction of sp³-hybridized carbons (Fsp3) is 0.500. The zero-order chi connectivity index (χ0) is 23.5. The Labute approximate surface area is 194 Å². The lowest BCUT2D eigenvalue weighted by molar-refractivity contribution is 0.0860. The quantitative estimate of drug-likeness (QED) is 0.630. The molecule has 0 radical (unpaired) electrons. The van der Waals surface area contributed by atoms with E-state index in [2.05, 4.69) is 17.3 Å². The van der Waals surface area contributed by atoms with Crippen LogP contribution in [0.2, 0.25) is 0 Å². The molecule has 0 aliphatic carbocycles. The van der Waals surface area contributed by atoms with Crippen molar-refractivity contribution in [2.24, 2.45) is 0 Å². The van der Waals surface area contributed by atoms with Gasteiger partial charge in [0.15, 0.2) is 0 Å². The van der Waals surface area contributed by atoms with Crippen molar-refractivity contribution in [2.75, 3.05) is 7.05 Å². The number of carbonyl (C=O) groups excluding carboxylic acids is 1. The Morgan fingerprint density at radius 1 is 1.12 bits per heavy atom. The maximum atomic E-state index is 14.4. The zero-order valence-corrected chi connectivity index (χ0v) is 19.6. The molecule has 2 aromatic rings. The van der Waals surface area contributed by atoms with Gasteiger partial charge in [-0.15, -0.1) is 0 Å². The number of nitrogens with one attached hydrogen (secondary N) is 1. The van der Waals surface area contributed by atoms with E-state index in [9.17, 15) is 13.6 Å². The van der Waals surface area contributed by atoms with Crippen molar-refractivity contribution in [2.45, 2.75) is 76.8 Å². The lowest BCUT2D eigenvalue weighted by Crippen LogP contribution is -2.52. The third-order valence-electron chi connectivity index (χ3n) is 6.87. The van der Waals surface area contributed by atoms with Gasteiger partial charge in [0.1, 0.15) is 17.4 Å². The summed E-state index contributed by atoms with van der Waals surface area (Å²) in [6.45, 7) is 4.43. The van der Waals surface area contributed by atoms with Crippen LogP contribution in [0.5, 0.6) is 5.75 Å². The zero-order valence-electron chi connectivity index (χ0n) is 19.6. The number of nitrogens with zero attached hydrogens (tertiary/aromatic N) is 2. The van der Waals surface area contributed by atoms with E-state index in [1.54, 1.807) is 4.90 Å². The van der Waals surface area contributed by atoms with Crippen LogP contribution in [0.15, 0.2) is 42.5 Å². The number of rotatable bonds is 7. The van der Waals surface area contributed by atoms with E-state index < -0.39 is 11.6 Å². The molecule has 7 heteroatoms. The SMILES string of the molecule is CC(C)Oc1ccc(CNC(=O)N(Cc2ccc(F)cc2F)[C@H]2C[C@H]3CC[C@@H](C2)N3C)cc1. The van der Waals surface area contributed by atoms with E-state index >= 15 is 0 Å². The average Bonchev–Trinajstić information content (AvgIpc) is 2.97. The predicted molar refractivity (Wildman–Crippen MR) is 124 cm³/mol. The van der Waals surface area contributed by atoms with Crippen molar-refractivity contribution in [1.29, 1.82) is 0 Å². The number of piperidine rings is 1. The van der Waals surface area contributed by atoms with E-state index in [1.165, 1.54) is 12.1 Å². The molecule has 2 aliphatic rings. The summed E-state index contributed by atoms with van der Waals surface area (Å²) in [7, 11) is 2.15. The molecule has 0 spiro atoms. The van der Waals surface area contributed by atoms with Gasteiger partial charge < -0.3 is 19.9 Å². The molecule has 0 unspecified atom stereocenters. The summed E-state index contributed by atoms with van der Waals surface area (Å²) in [5.41, 5.74) is 1.28.